The second-order valence-electron chi connectivity index (χ2n) is 4.84. The third kappa shape index (κ3) is 5.50. The number of thioether (sulfide) groups is 1. The highest BCUT2D eigenvalue weighted by atomic mass is 32.2. The lowest BCUT2D eigenvalue weighted by Crippen LogP contribution is -2.20. The fraction of sp³-hybridized carbons (Fsp3) is 0.333. The summed E-state index contributed by atoms with van der Waals surface area (Å²) in [5, 5.41) is 10.7. The van der Waals surface area contributed by atoms with Crippen molar-refractivity contribution in [1.29, 1.82) is 0 Å². The summed E-state index contributed by atoms with van der Waals surface area (Å²) in [6, 6.07) is 5.81. The van der Waals surface area contributed by atoms with E-state index in [0.29, 0.717) is 15.2 Å². The van der Waals surface area contributed by atoms with Crippen molar-refractivity contribution in [2.75, 3.05) is 24.8 Å². The molecular formula is C15H17N3O4S2. The van der Waals surface area contributed by atoms with Gasteiger partial charge in [-0.25, -0.2) is 0 Å². The molecule has 0 aliphatic carbocycles. The van der Waals surface area contributed by atoms with Crippen molar-refractivity contribution in [3.8, 4) is 5.75 Å². The number of amides is 1. The summed E-state index contributed by atoms with van der Waals surface area (Å²) in [4.78, 5) is 23.0. The predicted octanol–water partition coefficient (Wildman–Crippen LogP) is 2.44. The summed E-state index contributed by atoms with van der Waals surface area (Å²) >= 11 is 2.39. The standard InChI is InChI=1S/C15H17N3O4S2/c1-9-4-5-10(2)11(6-9)22-7-12(19)16-14-17-18-15(24-14)23-8-13(20)21-3/h4-6H,7-8H2,1-3H3,(H,16,17,19). The minimum Gasteiger partial charge on any atom is -0.483 e. The van der Waals surface area contributed by atoms with Gasteiger partial charge in [-0.2, -0.15) is 0 Å². The molecule has 0 aliphatic heterocycles. The smallest absolute Gasteiger partial charge is 0.316 e. The van der Waals surface area contributed by atoms with Gasteiger partial charge in [-0.3, -0.25) is 14.9 Å². The maximum absolute atomic E-state index is 11.9. The number of carbonyl (C=O) groups is 2. The molecular weight excluding hydrogens is 350 g/mol. The third-order valence-electron chi connectivity index (χ3n) is 2.90. The predicted molar refractivity (Wildman–Crippen MR) is 92.7 cm³/mol. The van der Waals surface area contributed by atoms with Gasteiger partial charge in [0.2, 0.25) is 5.13 Å². The van der Waals surface area contributed by atoms with Gasteiger partial charge in [-0.1, -0.05) is 35.2 Å². The molecule has 1 aromatic carbocycles. The maximum Gasteiger partial charge on any atom is 0.316 e. The van der Waals surface area contributed by atoms with Gasteiger partial charge in [-0.05, 0) is 31.0 Å². The number of carbonyl (C=O) groups excluding carboxylic acids is 2. The zero-order chi connectivity index (χ0) is 17.5. The zero-order valence-corrected chi connectivity index (χ0v) is 15.1. The Bertz CT molecular complexity index is 733. The topological polar surface area (TPSA) is 90.4 Å². The Morgan fingerprint density at radius 3 is 2.83 bits per heavy atom. The lowest BCUT2D eigenvalue weighted by molar-refractivity contribution is -0.137. The zero-order valence-electron chi connectivity index (χ0n) is 13.5. The Labute approximate surface area is 147 Å². The van der Waals surface area contributed by atoms with Crippen LogP contribution in [0.2, 0.25) is 0 Å². The van der Waals surface area contributed by atoms with E-state index in [1.807, 2.05) is 32.0 Å². The lowest BCUT2D eigenvalue weighted by Gasteiger charge is -2.09. The van der Waals surface area contributed by atoms with Crippen molar-refractivity contribution < 1.29 is 19.1 Å². The van der Waals surface area contributed by atoms with E-state index in [1.54, 1.807) is 0 Å². The van der Waals surface area contributed by atoms with Gasteiger partial charge >= 0.3 is 5.97 Å². The van der Waals surface area contributed by atoms with Crippen molar-refractivity contribution >= 4 is 40.1 Å². The minimum atomic E-state index is -0.345. The number of hydrogen-bond donors (Lipinski definition) is 1. The van der Waals surface area contributed by atoms with Gasteiger partial charge in [-0.15, -0.1) is 10.2 Å². The molecule has 128 valence electrons. The van der Waals surface area contributed by atoms with Crippen LogP contribution in [0, 0.1) is 13.8 Å². The molecule has 0 saturated heterocycles. The van der Waals surface area contributed by atoms with Gasteiger partial charge in [0.1, 0.15) is 5.75 Å². The average molecular weight is 367 g/mol. The molecule has 0 spiro atoms. The summed E-state index contributed by atoms with van der Waals surface area (Å²) in [7, 11) is 1.32. The van der Waals surface area contributed by atoms with Crippen LogP contribution >= 0.6 is 23.1 Å². The van der Waals surface area contributed by atoms with Gasteiger partial charge in [0.05, 0.1) is 12.9 Å². The average Bonchev–Trinajstić information content (AvgIpc) is 3.00. The maximum atomic E-state index is 11.9. The van der Waals surface area contributed by atoms with Crippen LogP contribution in [0.1, 0.15) is 11.1 Å². The normalized spacial score (nSPS) is 10.3. The van der Waals surface area contributed by atoms with Crippen LogP contribution in [0.5, 0.6) is 5.75 Å². The molecule has 2 aromatic rings. The van der Waals surface area contributed by atoms with Crippen molar-refractivity contribution in [3.05, 3.63) is 29.3 Å². The van der Waals surface area contributed by atoms with Crippen molar-refractivity contribution in [2.45, 2.75) is 18.2 Å². The number of ether oxygens (including phenoxy) is 2. The van der Waals surface area contributed by atoms with Crippen molar-refractivity contribution in [3.63, 3.8) is 0 Å². The number of aryl methyl sites for hydroxylation is 2. The highest BCUT2D eigenvalue weighted by Gasteiger charge is 2.11. The number of hydrogen-bond acceptors (Lipinski definition) is 8. The second-order valence-corrected chi connectivity index (χ2v) is 7.04. The van der Waals surface area contributed by atoms with Crippen LogP contribution in [0.3, 0.4) is 0 Å². The van der Waals surface area contributed by atoms with Crippen LogP contribution in [-0.2, 0) is 14.3 Å². The van der Waals surface area contributed by atoms with Crippen LogP contribution in [0.15, 0.2) is 22.5 Å². The summed E-state index contributed by atoms with van der Waals surface area (Å²) < 4.78 is 10.7. The highest BCUT2D eigenvalue weighted by Crippen LogP contribution is 2.25. The van der Waals surface area contributed by atoms with Crippen molar-refractivity contribution in [2.24, 2.45) is 0 Å². The molecule has 0 radical (unpaired) electrons. The third-order valence-corrected chi connectivity index (χ3v) is 4.84. The van der Waals surface area contributed by atoms with Crippen LogP contribution in [0.4, 0.5) is 5.13 Å². The molecule has 0 bridgehead atoms. The number of benzene rings is 1. The van der Waals surface area contributed by atoms with E-state index in [1.165, 1.54) is 30.2 Å². The van der Waals surface area contributed by atoms with Crippen LogP contribution < -0.4 is 10.1 Å². The number of anilines is 1. The lowest BCUT2D eigenvalue weighted by atomic mass is 10.1. The molecule has 2 rings (SSSR count). The summed E-state index contributed by atoms with van der Waals surface area (Å²) in [5.41, 5.74) is 2.03. The van der Waals surface area contributed by atoms with Gasteiger partial charge < -0.3 is 9.47 Å². The van der Waals surface area contributed by atoms with Gasteiger partial charge in [0.25, 0.3) is 5.91 Å². The Hall–Kier alpha value is -2.13. The van der Waals surface area contributed by atoms with E-state index in [0.717, 1.165) is 11.1 Å². The number of aromatic nitrogens is 2. The van der Waals surface area contributed by atoms with E-state index in [9.17, 15) is 9.59 Å². The molecule has 1 aromatic heterocycles. The van der Waals surface area contributed by atoms with Crippen LogP contribution in [0.25, 0.3) is 0 Å². The molecule has 24 heavy (non-hydrogen) atoms. The summed E-state index contributed by atoms with van der Waals surface area (Å²) in [6.45, 7) is 3.76. The molecule has 7 nitrogen and oxygen atoms in total. The number of nitrogens with one attached hydrogen (secondary N) is 1. The van der Waals surface area contributed by atoms with E-state index in [4.69, 9.17) is 4.74 Å². The fourth-order valence-corrected chi connectivity index (χ4v) is 3.26. The van der Waals surface area contributed by atoms with E-state index < -0.39 is 0 Å². The minimum absolute atomic E-state index is 0.117. The molecule has 0 saturated carbocycles. The first-order chi connectivity index (χ1) is 11.5. The Kier molecular flexibility index (Phi) is 6.56. The molecule has 0 atom stereocenters. The molecule has 0 unspecified atom stereocenters. The van der Waals surface area contributed by atoms with Crippen molar-refractivity contribution in [1.82, 2.24) is 10.2 Å². The van der Waals surface area contributed by atoms with Gasteiger partial charge in [0.15, 0.2) is 10.9 Å². The molecule has 9 heteroatoms. The second kappa shape index (κ2) is 8.65. The number of methoxy groups -OCH3 is 1. The summed E-state index contributed by atoms with van der Waals surface area (Å²) in [6.07, 6.45) is 0. The van der Waals surface area contributed by atoms with E-state index >= 15 is 0 Å². The van der Waals surface area contributed by atoms with Gasteiger partial charge in [0, 0.05) is 0 Å². The monoisotopic (exact) mass is 367 g/mol. The number of rotatable bonds is 7. The van der Waals surface area contributed by atoms with Crippen LogP contribution in [-0.4, -0.2) is 41.5 Å². The molecule has 1 N–H and O–H groups in total. The van der Waals surface area contributed by atoms with E-state index in [2.05, 4.69) is 20.3 Å². The molecule has 1 amide bonds. The quantitative estimate of drug-likeness (QED) is 0.456. The first kappa shape index (κ1) is 18.2. The Balaban J connectivity index is 1.83. The first-order valence-corrected chi connectivity index (χ1v) is 8.81. The summed E-state index contributed by atoms with van der Waals surface area (Å²) in [5.74, 6) is 0.158. The highest BCUT2D eigenvalue weighted by molar-refractivity contribution is 8.01. The fourth-order valence-electron chi connectivity index (χ4n) is 1.66. The number of esters is 1. The number of nitrogens with zero attached hydrogens (tertiary/aromatic N) is 2. The first-order valence-electron chi connectivity index (χ1n) is 7.01. The Morgan fingerprint density at radius 1 is 1.29 bits per heavy atom. The SMILES string of the molecule is COC(=O)CSc1nnc(NC(=O)COc2cc(C)ccc2C)s1. The van der Waals surface area contributed by atoms with E-state index in [-0.39, 0.29) is 24.2 Å². The molecule has 1 heterocycles. The molecule has 0 aliphatic rings. The molecule has 0 fully saturated rings. The largest absolute Gasteiger partial charge is 0.483 e. The Morgan fingerprint density at radius 2 is 2.08 bits per heavy atom.